The average Bonchev–Trinajstić information content (AvgIpc) is 2.57. The van der Waals surface area contributed by atoms with Crippen molar-refractivity contribution >= 4 is 27.8 Å². The number of pyridine rings is 1. The number of nitrogens with one attached hydrogen (secondary N) is 1. The van der Waals surface area contributed by atoms with Crippen molar-refractivity contribution in [1.82, 2.24) is 14.8 Å². The molecule has 0 spiro atoms. The van der Waals surface area contributed by atoms with Gasteiger partial charge >= 0.3 is 0 Å². The molecule has 0 aliphatic rings. The Morgan fingerprint density at radius 3 is 3.21 bits per heavy atom. The molecule has 14 heavy (non-hydrogen) atoms. The first-order valence-electron chi connectivity index (χ1n) is 4.13. The van der Waals surface area contributed by atoms with Gasteiger partial charge in [-0.2, -0.15) is 5.10 Å². The Morgan fingerprint density at radius 1 is 1.57 bits per heavy atom. The highest BCUT2D eigenvalue weighted by Crippen LogP contribution is 2.12. The Morgan fingerprint density at radius 2 is 2.43 bits per heavy atom. The quantitative estimate of drug-likeness (QED) is 0.653. The molecule has 2 rings (SSSR count). The van der Waals surface area contributed by atoms with Crippen LogP contribution in [0, 0.1) is 0 Å². The predicted octanol–water partition coefficient (Wildman–Crippen LogP) is 1.65. The SMILES string of the molecule is CNN=Cc1cnc2ccc(Br)cn12. The van der Waals surface area contributed by atoms with E-state index in [1.54, 1.807) is 19.5 Å². The molecule has 0 amide bonds. The number of nitrogens with zero attached hydrogens (tertiary/aromatic N) is 3. The minimum absolute atomic E-state index is 0.908. The van der Waals surface area contributed by atoms with Crippen LogP contribution >= 0.6 is 15.9 Å². The molecular weight excluding hydrogens is 244 g/mol. The van der Waals surface area contributed by atoms with Crippen LogP contribution in [-0.2, 0) is 0 Å². The molecule has 0 fully saturated rings. The standard InChI is InChI=1S/C9H9BrN4/c1-11-13-5-8-4-12-9-3-2-7(10)6-14(8)9/h2-6,11H,1H3. The van der Waals surface area contributed by atoms with E-state index < -0.39 is 0 Å². The van der Waals surface area contributed by atoms with Gasteiger partial charge in [0.25, 0.3) is 0 Å². The van der Waals surface area contributed by atoms with E-state index in [4.69, 9.17) is 0 Å². The third-order valence-corrected chi connectivity index (χ3v) is 2.29. The van der Waals surface area contributed by atoms with Crippen molar-refractivity contribution in [2.45, 2.75) is 0 Å². The molecule has 0 aliphatic carbocycles. The third kappa shape index (κ3) is 1.63. The smallest absolute Gasteiger partial charge is 0.137 e. The van der Waals surface area contributed by atoms with Gasteiger partial charge in [0.05, 0.1) is 18.1 Å². The monoisotopic (exact) mass is 252 g/mol. The van der Waals surface area contributed by atoms with E-state index in [2.05, 4.69) is 31.4 Å². The van der Waals surface area contributed by atoms with Gasteiger partial charge in [0, 0.05) is 17.7 Å². The summed E-state index contributed by atoms with van der Waals surface area (Å²) < 4.78 is 2.98. The summed E-state index contributed by atoms with van der Waals surface area (Å²) in [5, 5.41) is 3.94. The number of imidazole rings is 1. The zero-order valence-electron chi connectivity index (χ0n) is 7.61. The Hall–Kier alpha value is -1.36. The lowest BCUT2D eigenvalue weighted by Crippen LogP contribution is -1.97. The highest BCUT2D eigenvalue weighted by molar-refractivity contribution is 9.10. The molecule has 0 unspecified atom stereocenters. The molecule has 0 bridgehead atoms. The van der Waals surface area contributed by atoms with Crippen molar-refractivity contribution in [3.63, 3.8) is 0 Å². The fraction of sp³-hybridized carbons (Fsp3) is 0.111. The van der Waals surface area contributed by atoms with Gasteiger partial charge in [-0.05, 0) is 28.1 Å². The number of halogens is 1. The Labute approximate surface area is 89.8 Å². The molecule has 1 N–H and O–H groups in total. The minimum atomic E-state index is 0.908. The van der Waals surface area contributed by atoms with Gasteiger partial charge in [0.1, 0.15) is 5.65 Å². The fourth-order valence-corrected chi connectivity index (χ4v) is 1.54. The molecule has 5 heteroatoms. The molecule has 0 aromatic carbocycles. The van der Waals surface area contributed by atoms with Crippen LogP contribution in [0.15, 0.2) is 34.1 Å². The maximum Gasteiger partial charge on any atom is 0.137 e. The predicted molar refractivity (Wildman–Crippen MR) is 59.5 cm³/mol. The second-order valence-corrected chi connectivity index (χ2v) is 3.66. The zero-order valence-corrected chi connectivity index (χ0v) is 9.19. The second-order valence-electron chi connectivity index (χ2n) is 2.74. The van der Waals surface area contributed by atoms with Crippen LogP contribution in [0.1, 0.15) is 5.69 Å². The van der Waals surface area contributed by atoms with Crippen molar-refractivity contribution in [3.8, 4) is 0 Å². The number of hydrogen-bond acceptors (Lipinski definition) is 3. The molecule has 0 saturated carbocycles. The van der Waals surface area contributed by atoms with Gasteiger partial charge < -0.3 is 5.43 Å². The molecule has 4 nitrogen and oxygen atoms in total. The van der Waals surface area contributed by atoms with E-state index in [1.807, 2.05) is 22.7 Å². The number of fused-ring (bicyclic) bond motifs is 1. The van der Waals surface area contributed by atoms with Crippen LogP contribution in [0.25, 0.3) is 5.65 Å². The number of aromatic nitrogens is 2. The Kier molecular flexibility index (Phi) is 2.49. The molecule has 72 valence electrons. The molecule has 0 atom stereocenters. The van der Waals surface area contributed by atoms with Crippen LogP contribution < -0.4 is 5.43 Å². The maximum atomic E-state index is 4.24. The van der Waals surface area contributed by atoms with Gasteiger partial charge in [-0.15, -0.1) is 0 Å². The largest absolute Gasteiger partial charge is 0.313 e. The van der Waals surface area contributed by atoms with Crippen LogP contribution in [0.4, 0.5) is 0 Å². The van der Waals surface area contributed by atoms with Gasteiger partial charge in [0.2, 0.25) is 0 Å². The van der Waals surface area contributed by atoms with Crippen molar-refractivity contribution in [1.29, 1.82) is 0 Å². The maximum absolute atomic E-state index is 4.24. The van der Waals surface area contributed by atoms with Crippen LogP contribution in [-0.4, -0.2) is 22.6 Å². The van der Waals surface area contributed by atoms with E-state index in [1.165, 1.54) is 0 Å². The number of hydrazone groups is 1. The van der Waals surface area contributed by atoms with E-state index in [0.717, 1.165) is 15.8 Å². The summed E-state index contributed by atoms with van der Waals surface area (Å²) in [4.78, 5) is 4.24. The lowest BCUT2D eigenvalue weighted by atomic mass is 10.4. The van der Waals surface area contributed by atoms with Gasteiger partial charge in [-0.3, -0.25) is 4.40 Å². The summed E-state index contributed by atoms with van der Waals surface area (Å²) in [5.74, 6) is 0. The van der Waals surface area contributed by atoms with Gasteiger partial charge in [0.15, 0.2) is 0 Å². The average molecular weight is 253 g/mol. The normalized spacial score (nSPS) is 11.3. The number of rotatable bonds is 2. The van der Waals surface area contributed by atoms with Crippen molar-refractivity contribution in [2.75, 3.05) is 7.05 Å². The van der Waals surface area contributed by atoms with Crippen LogP contribution in [0.3, 0.4) is 0 Å². The van der Waals surface area contributed by atoms with E-state index in [-0.39, 0.29) is 0 Å². The first kappa shape index (κ1) is 9.21. The molecule has 2 heterocycles. The second kappa shape index (κ2) is 3.79. The summed E-state index contributed by atoms with van der Waals surface area (Å²) in [7, 11) is 1.76. The summed E-state index contributed by atoms with van der Waals surface area (Å²) in [5.41, 5.74) is 4.55. The lowest BCUT2D eigenvalue weighted by molar-refractivity contribution is 0.906. The number of hydrogen-bond donors (Lipinski definition) is 1. The van der Waals surface area contributed by atoms with E-state index in [0.29, 0.717) is 0 Å². The van der Waals surface area contributed by atoms with Gasteiger partial charge in [-0.25, -0.2) is 4.98 Å². The molecule has 2 aromatic heterocycles. The minimum Gasteiger partial charge on any atom is -0.313 e. The van der Waals surface area contributed by atoms with Crippen LogP contribution in [0.5, 0.6) is 0 Å². The van der Waals surface area contributed by atoms with Crippen molar-refractivity contribution < 1.29 is 0 Å². The Bertz CT molecular complexity index is 475. The van der Waals surface area contributed by atoms with E-state index >= 15 is 0 Å². The van der Waals surface area contributed by atoms with Crippen molar-refractivity contribution in [2.24, 2.45) is 5.10 Å². The molecule has 0 saturated heterocycles. The third-order valence-electron chi connectivity index (χ3n) is 1.82. The topological polar surface area (TPSA) is 41.7 Å². The Balaban J connectivity index is 2.55. The lowest BCUT2D eigenvalue weighted by Gasteiger charge is -1.96. The molecule has 0 aliphatic heterocycles. The van der Waals surface area contributed by atoms with Crippen LogP contribution in [0.2, 0.25) is 0 Å². The summed E-state index contributed by atoms with van der Waals surface area (Å²) >= 11 is 3.41. The highest BCUT2D eigenvalue weighted by Gasteiger charge is 2.00. The first-order valence-corrected chi connectivity index (χ1v) is 4.93. The zero-order chi connectivity index (χ0) is 9.97. The van der Waals surface area contributed by atoms with Crippen molar-refractivity contribution in [3.05, 3.63) is 34.7 Å². The molecular formula is C9H9BrN4. The molecule has 0 radical (unpaired) electrons. The summed E-state index contributed by atoms with van der Waals surface area (Å²) in [6, 6.07) is 3.90. The molecule has 2 aromatic rings. The summed E-state index contributed by atoms with van der Waals surface area (Å²) in [6.45, 7) is 0. The highest BCUT2D eigenvalue weighted by atomic mass is 79.9. The van der Waals surface area contributed by atoms with Gasteiger partial charge in [-0.1, -0.05) is 0 Å². The fourth-order valence-electron chi connectivity index (χ4n) is 1.20. The summed E-state index contributed by atoms with van der Waals surface area (Å²) in [6.07, 6.45) is 5.47. The van der Waals surface area contributed by atoms with E-state index in [9.17, 15) is 0 Å². The first-order chi connectivity index (χ1) is 6.81.